The van der Waals surface area contributed by atoms with Gasteiger partial charge in [0, 0.05) is 25.0 Å². The Morgan fingerprint density at radius 3 is 2.64 bits per heavy atom. The van der Waals surface area contributed by atoms with Crippen LogP contribution in [0.4, 0.5) is 11.4 Å². The van der Waals surface area contributed by atoms with Crippen molar-refractivity contribution in [1.29, 1.82) is 0 Å². The highest BCUT2D eigenvalue weighted by molar-refractivity contribution is 5.77. The Morgan fingerprint density at radius 2 is 1.90 bits per heavy atom. The molecule has 0 aromatic heterocycles. The van der Waals surface area contributed by atoms with E-state index in [-0.39, 0.29) is 18.4 Å². The van der Waals surface area contributed by atoms with E-state index < -0.39 is 24.5 Å². The zero-order valence-electron chi connectivity index (χ0n) is 25.2. The van der Waals surface area contributed by atoms with Crippen LogP contribution in [0, 0.1) is 5.92 Å². The van der Waals surface area contributed by atoms with Gasteiger partial charge in [-0.05, 0) is 70.3 Å². The van der Waals surface area contributed by atoms with Gasteiger partial charge in [0.05, 0.1) is 62.5 Å². The molecule has 12 nitrogen and oxygen atoms in total. The maximum Gasteiger partial charge on any atom is 0.142 e. The largest absolute Gasteiger partial charge is 0.387 e. The monoisotopic (exact) mass is 586 g/mol. The molecule has 1 aliphatic carbocycles. The molecule has 234 valence electrons. The van der Waals surface area contributed by atoms with Crippen LogP contribution in [-0.2, 0) is 9.47 Å². The molecule has 4 unspecified atom stereocenters. The van der Waals surface area contributed by atoms with Crippen LogP contribution in [0.3, 0.4) is 0 Å². The summed E-state index contributed by atoms with van der Waals surface area (Å²) in [6.45, 7) is 6.76. The predicted octanol–water partition coefficient (Wildman–Crippen LogP) is -0.350. The average Bonchev–Trinajstić information content (AvgIpc) is 3.59. The second-order valence-electron chi connectivity index (χ2n) is 13.5. The van der Waals surface area contributed by atoms with E-state index in [1.165, 1.54) is 36.2 Å². The van der Waals surface area contributed by atoms with Crippen molar-refractivity contribution in [2.75, 3.05) is 64.0 Å². The SMILES string of the molecule is CCN1c2cc(C3COC3)ccc2NC1CCC1CC(N(C)C[C@H]2O[C@@H](N3CNC4C(N)NCN(C)C43)[C@H](O)[C@@H]2O)C1. The Bertz CT molecular complexity index is 1110. The van der Waals surface area contributed by atoms with E-state index in [9.17, 15) is 10.2 Å². The number of likely N-dealkylation sites (N-methyl/N-ethyl adjacent to an activating group) is 2. The van der Waals surface area contributed by atoms with Crippen molar-refractivity contribution >= 4 is 11.4 Å². The van der Waals surface area contributed by atoms with Crippen LogP contribution in [0.25, 0.3) is 0 Å². The number of nitrogens with two attached hydrogens (primary N) is 1. The van der Waals surface area contributed by atoms with Crippen molar-refractivity contribution in [3.8, 4) is 0 Å². The molecule has 4 saturated heterocycles. The summed E-state index contributed by atoms with van der Waals surface area (Å²) in [7, 11) is 4.16. The Hall–Kier alpha value is -1.58. The zero-order chi connectivity index (χ0) is 29.1. The number of nitrogens with one attached hydrogen (secondary N) is 3. The van der Waals surface area contributed by atoms with Crippen molar-refractivity contribution in [2.45, 2.75) is 93.6 Å². The summed E-state index contributed by atoms with van der Waals surface area (Å²) in [5.74, 6) is 1.26. The number of aliphatic hydroxyl groups is 2. The quantitative estimate of drug-likeness (QED) is 0.226. The summed E-state index contributed by atoms with van der Waals surface area (Å²) in [5, 5.41) is 32.5. The molecule has 6 aliphatic rings. The molecule has 5 fully saturated rings. The highest BCUT2D eigenvalue weighted by Crippen LogP contribution is 2.41. The van der Waals surface area contributed by atoms with E-state index in [0.29, 0.717) is 43.9 Å². The number of fused-ring (bicyclic) bond motifs is 2. The van der Waals surface area contributed by atoms with E-state index in [2.05, 4.69) is 67.7 Å². The summed E-state index contributed by atoms with van der Waals surface area (Å²) in [6, 6.07) is 7.39. The summed E-state index contributed by atoms with van der Waals surface area (Å²) in [4.78, 5) is 9.13. The molecule has 12 heteroatoms. The number of nitrogens with zero attached hydrogens (tertiary/aromatic N) is 4. The number of rotatable bonds is 9. The van der Waals surface area contributed by atoms with Crippen molar-refractivity contribution < 1.29 is 19.7 Å². The number of benzene rings is 1. The summed E-state index contributed by atoms with van der Waals surface area (Å²) in [6.07, 6.45) is 1.98. The van der Waals surface area contributed by atoms with Gasteiger partial charge < -0.3 is 40.5 Å². The van der Waals surface area contributed by atoms with Gasteiger partial charge in [-0.3, -0.25) is 15.5 Å². The molecule has 5 heterocycles. The first-order valence-electron chi connectivity index (χ1n) is 16.0. The van der Waals surface area contributed by atoms with Gasteiger partial charge in [-0.15, -0.1) is 0 Å². The Morgan fingerprint density at radius 1 is 1.10 bits per heavy atom. The molecular formula is C30H50N8O4. The van der Waals surface area contributed by atoms with Crippen LogP contribution >= 0.6 is 0 Å². The number of aliphatic hydroxyl groups excluding tert-OH is 2. The molecule has 0 amide bonds. The number of anilines is 2. The second-order valence-corrected chi connectivity index (χ2v) is 13.5. The van der Waals surface area contributed by atoms with E-state index in [1.54, 1.807) is 0 Å². The highest BCUT2D eigenvalue weighted by atomic mass is 16.6. The molecule has 1 aromatic carbocycles. The molecule has 0 spiro atoms. The van der Waals surface area contributed by atoms with Crippen LogP contribution in [0.2, 0.25) is 0 Å². The van der Waals surface area contributed by atoms with Gasteiger partial charge in [-0.25, -0.2) is 4.90 Å². The van der Waals surface area contributed by atoms with Crippen molar-refractivity contribution in [3.05, 3.63) is 23.8 Å². The van der Waals surface area contributed by atoms with Crippen LogP contribution in [0.15, 0.2) is 18.2 Å². The Labute approximate surface area is 249 Å². The van der Waals surface area contributed by atoms with Crippen molar-refractivity contribution in [1.82, 2.24) is 25.3 Å². The average molecular weight is 587 g/mol. The summed E-state index contributed by atoms with van der Waals surface area (Å²) >= 11 is 0. The van der Waals surface area contributed by atoms with Gasteiger partial charge in [-0.1, -0.05) is 6.07 Å². The third-order valence-electron chi connectivity index (χ3n) is 10.9. The van der Waals surface area contributed by atoms with Crippen LogP contribution in [-0.4, -0.2) is 134 Å². The minimum absolute atomic E-state index is 0.00199. The van der Waals surface area contributed by atoms with Gasteiger partial charge in [-0.2, -0.15) is 0 Å². The van der Waals surface area contributed by atoms with Gasteiger partial charge >= 0.3 is 0 Å². The third kappa shape index (κ3) is 5.13. The minimum Gasteiger partial charge on any atom is -0.387 e. The maximum atomic E-state index is 11.0. The lowest BCUT2D eigenvalue weighted by atomic mass is 9.76. The lowest BCUT2D eigenvalue weighted by Gasteiger charge is -2.44. The van der Waals surface area contributed by atoms with Crippen molar-refractivity contribution in [2.24, 2.45) is 11.7 Å². The number of ether oxygens (including phenoxy) is 2. The number of hydrogen-bond donors (Lipinski definition) is 6. The van der Waals surface area contributed by atoms with E-state index in [1.807, 2.05) is 7.05 Å². The lowest BCUT2D eigenvalue weighted by Crippen LogP contribution is -2.68. The van der Waals surface area contributed by atoms with Gasteiger partial charge in [0.25, 0.3) is 0 Å². The fourth-order valence-electron chi connectivity index (χ4n) is 8.08. The standard InChI is InChI=1S/C30H50N8O4/c1-4-37-22-11-18(19-13-41-14-19)6-7-21(22)34-24(37)8-5-17-9-20(10-17)35(2)12-23-26(39)27(40)30(42-23)38-16-32-25-28(31)33-15-36(3)29(25)38/h6-7,11,17,19-20,23-30,32-34,39-40H,4-5,8-10,12-16,31H2,1-3H3/t17?,20?,23-,24?,25?,26-,27-,28?,29?,30-/m1/s1. The van der Waals surface area contributed by atoms with Crippen LogP contribution in [0.5, 0.6) is 0 Å². The normalized spacial score (nSPS) is 40.6. The predicted molar refractivity (Wildman–Crippen MR) is 161 cm³/mol. The van der Waals surface area contributed by atoms with Crippen molar-refractivity contribution in [3.63, 3.8) is 0 Å². The van der Waals surface area contributed by atoms with Crippen LogP contribution in [0.1, 0.15) is 44.1 Å². The molecule has 0 radical (unpaired) electrons. The molecule has 7 N–H and O–H groups in total. The van der Waals surface area contributed by atoms with Gasteiger partial charge in [0.1, 0.15) is 24.5 Å². The first kappa shape index (κ1) is 29.1. The first-order valence-corrected chi connectivity index (χ1v) is 16.0. The van der Waals surface area contributed by atoms with E-state index in [4.69, 9.17) is 15.2 Å². The molecule has 42 heavy (non-hydrogen) atoms. The Kier molecular flexibility index (Phi) is 8.14. The van der Waals surface area contributed by atoms with Gasteiger partial charge in [0.2, 0.25) is 0 Å². The summed E-state index contributed by atoms with van der Waals surface area (Å²) < 4.78 is 11.8. The van der Waals surface area contributed by atoms with E-state index in [0.717, 1.165) is 26.2 Å². The Balaban J connectivity index is 0.881. The maximum absolute atomic E-state index is 11.0. The topological polar surface area (TPSA) is 134 Å². The highest BCUT2D eigenvalue weighted by Gasteiger charge is 2.53. The number of hydrogen-bond acceptors (Lipinski definition) is 12. The molecule has 8 atom stereocenters. The molecule has 1 saturated carbocycles. The van der Waals surface area contributed by atoms with Gasteiger partial charge in [0.15, 0.2) is 0 Å². The first-order chi connectivity index (χ1) is 20.3. The molecule has 0 bridgehead atoms. The zero-order valence-corrected chi connectivity index (χ0v) is 25.2. The molecular weight excluding hydrogens is 536 g/mol. The molecule has 7 rings (SSSR count). The fourth-order valence-corrected chi connectivity index (χ4v) is 8.08. The third-order valence-corrected chi connectivity index (χ3v) is 10.9. The smallest absolute Gasteiger partial charge is 0.142 e. The molecule has 5 aliphatic heterocycles. The minimum atomic E-state index is -0.958. The van der Waals surface area contributed by atoms with E-state index >= 15 is 0 Å². The fraction of sp³-hybridized carbons (Fsp3) is 0.800. The molecule has 1 aromatic rings. The van der Waals surface area contributed by atoms with Crippen LogP contribution < -0.4 is 26.6 Å². The lowest BCUT2D eigenvalue weighted by molar-refractivity contribution is -0.128. The second kappa shape index (κ2) is 11.7. The summed E-state index contributed by atoms with van der Waals surface area (Å²) in [5.41, 5.74) is 10.3.